The number of piperidine rings is 1. The van der Waals surface area contributed by atoms with E-state index in [4.69, 9.17) is 4.74 Å². The molecular formula is C24H36FN3O3. The lowest BCUT2D eigenvalue weighted by Gasteiger charge is -2.43. The van der Waals surface area contributed by atoms with Gasteiger partial charge in [0.15, 0.2) is 0 Å². The number of unbranched alkanes of at least 4 members (excludes halogenated alkanes) is 1. The number of rotatable bonds is 8. The molecule has 0 N–H and O–H groups in total. The first-order chi connectivity index (χ1) is 14.9. The van der Waals surface area contributed by atoms with Crippen molar-refractivity contribution in [3.05, 3.63) is 30.1 Å². The molecule has 2 aliphatic heterocycles. The molecule has 2 aliphatic rings. The van der Waals surface area contributed by atoms with Gasteiger partial charge in [-0.15, -0.1) is 0 Å². The standard InChI is InChI=1S/C24H36FN3O3/c1-3-4-6-22(29)28-12-5-11-24(18-28,19-31-21-9-7-20(25)8-10-21)17-23(30)27-15-13-26(2)14-16-27/h7-10H,3-6,11-19H2,1-2H3/t24-/m0/s1. The van der Waals surface area contributed by atoms with E-state index in [-0.39, 0.29) is 17.6 Å². The molecule has 0 bridgehead atoms. The van der Waals surface area contributed by atoms with E-state index in [2.05, 4.69) is 18.9 Å². The highest BCUT2D eigenvalue weighted by Crippen LogP contribution is 2.36. The molecule has 0 aromatic heterocycles. The van der Waals surface area contributed by atoms with Crippen LogP contribution in [0.25, 0.3) is 0 Å². The highest BCUT2D eigenvalue weighted by molar-refractivity contribution is 5.78. The minimum Gasteiger partial charge on any atom is -0.493 e. The Morgan fingerprint density at radius 3 is 2.42 bits per heavy atom. The number of benzene rings is 1. The second-order valence-corrected chi connectivity index (χ2v) is 9.13. The van der Waals surface area contributed by atoms with Crippen molar-refractivity contribution in [2.75, 3.05) is 52.9 Å². The van der Waals surface area contributed by atoms with E-state index in [9.17, 15) is 14.0 Å². The fourth-order valence-corrected chi connectivity index (χ4v) is 4.48. The van der Waals surface area contributed by atoms with Gasteiger partial charge in [0.2, 0.25) is 11.8 Å². The summed E-state index contributed by atoms with van der Waals surface area (Å²) in [6.45, 7) is 6.94. The molecule has 7 heteroatoms. The van der Waals surface area contributed by atoms with Gasteiger partial charge in [-0.2, -0.15) is 0 Å². The molecule has 3 rings (SSSR count). The molecule has 1 aromatic rings. The maximum Gasteiger partial charge on any atom is 0.223 e. The second kappa shape index (κ2) is 10.9. The molecule has 2 heterocycles. The molecule has 2 saturated heterocycles. The molecule has 31 heavy (non-hydrogen) atoms. The Bertz CT molecular complexity index is 734. The van der Waals surface area contributed by atoms with Gasteiger partial charge in [0.25, 0.3) is 0 Å². The van der Waals surface area contributed by atoms with Gasteiger partial charge in [0, 0.05) is 57.5 Å². The van der Waals surface area contributed by atoms with Crippen molar-refractivity contribution in [2.45, 2.75) is 45.4 Å². The number of halogens is 1. The number of amides is 2. The topological polar surface area (TPSA) is 53.1 Å². The molecule has 6 nitrogen and oxygen atoms in total. The van der Waals surface area contributed by atoms with Gasteiger partial charge >= 0.3 is 0 Å². The van der Waals surface area contributed by atoms with Crippen LogP contribution in [0.3, 0.4) is 0 Å². The van der Waals surface area contributed by atoms with E-state index >= 15 is 0 Å². The van der Waals surface area contributed by atoms with Crippen LogP contribution in [0.1, 0.15) is 45.4 Å². The van der Waals surface area contributed by atoms with Crippen LogP contribution in [-0.2, 0) is 9.59 Å². The van der Waals surface area contributed by atoms with Crippen LogP contribution in [0, 0.1) is 11.2 Å². The first-order valence-electron chi connectivity index (χ1n) is 11.5. The van der Waals surface area contributed by atoms with Crippen LogP contribution >= 0.6 is 0 Å². The van der Waals surface area contributed by atoms with Crippen molar-refractivity contribution in [2.24, 2.45) is 5.41 Å². The number of nitrogens with zero attached hydrogens (tertiary/aromatic N) is 3. The third-order valence-corrected chi connectivity index (χ3v) is 6.50. The normalized spacial score (nSPS) is 22.4. The summed E-state index contributed by atoms with van der Waals surface area (Å²) >= 11 is 0. The number of carbonyl (C=O) groups is 2. The first-order valence-corrected chi connectivity index (χ1v) is 11.5. The molecule has 0 saturated carbocycles. The van der Waals surface area contributed by atoms with E-state index < -0.39 is 5.41 Å². The number of carbonyl (C=O) groups excluding carboxylic acids is 2. The number of piperazine rings is 1. The number of likely N-dealkylation sites (N-methyl/N-ethyl adjacent to an activating group) is 1. The quantitative estimate of drug-likeness (QED) is 0.632. The third kappa shape index (κ3) is 6.66. The minimum atomic E-state index is -0.422. The lowest BCUT2D eigenvalue weighted by molar-refractivity contribution is -0.142. The van der Waals surface area contributed by atoms with Crippen molar-refractivity contribution in [3.63, 3.8) is 0 Å². The Kier molecular flexibility index (Phi) is 8.29. The highest BCUT2D eigenvalue weighted by Gasteiger charge is 2.41. The SMILES string of the molecule is CCCCC(=O)N1CCC[C@](COc2ccc(F)cc2)(CC(=O)N2CCN(C)CC2)C1. The van der Waals surface area contributed by atoms with Crippen molar-refractivity contribution >= 4 is 11.8 Å². The zero-order chi connectivity index (χ0) is 22.3. The fraction of sp³-hybridized carbons (Fsp3) is 0.667. The van der Waals surface area contributed by atoms with Crippen LogP contribution in [0.4, 0.5) is 4.39 Å². The monoisotopic (exact) mass is 433 g/mol. The summed E-state index contributed by atoms with van der Waals surface area (Å²) in [5, 5.41) is 0. The number of hydrogen-bond donors (Lipinski definition) is 0. The molecule has 2 amide bonds. The van der Waals surface area contributed by atoms with E-state index in [1.165, 1.54) is 12.1 Å². The number of ether oxygens (including phenoxy) is 1. The largest absolute Gasteiger partial charge is 0.493 e. The van der Waals surface area contributed by atoms with Crippen molar-refractivity contribution < 1.29 is 18.7 Å². The van der Waals surface area contributed by atoms with Gasteiger partial charge in [0.1, 0.15) is 11.6 Å². The van der Waals surface area contributed by atoms with Gasteiger partial charge < -0.3 is 19.4 Å². The van der Waals surface area contributed by atoms with Crippen molar-refractivity contribution in [3.8, 4) is 5.75 Å². The van der Waals surface area contributed by atoms with Crippen LogP contribution in [0.15, 0.2) is 24.3 Å². The molecule has 0 spiro atoms. The average molecular weight is 434 g/mol. The van der Waals surface area contributed by atoms with Crippen LogP contribution in [0.5, 0.6) is 5.75 Å². The summed E-state index contributed by atoms with van der Waals surface area (Å²) in [7, 11) is 2.07. The van der Waals surface area contributed by atoms with Gasteiger partial charge in [-0.05, 0) is 50.6 Å². The molecule has 2 fully saturated rings. The maximum atomic E-state index is 13.3. The Labute approximate surface area is 185 Å². The smallest absolute Gasteiger partial charge is 0.223 e. The Hall–Kier alpha value is -2.15. The Morgan fingerprint density at radius 2 is 1.74 bits per heavy atom. The second-order valence-electron chi connectivity index (χ2n) is 9.13. The lowest BCUT2D eigenvalue weighted by Crippen LogP contribution is -2.53. The van der Waals surface area contributed by atoms with Gasteiger partial charge in [-0.25, -0.2) is 4.39 Å². The zero-order valence-corrected chi connectivity index (χ0v) is 18.9. The highest BCUT2D eigenvalue weighted by atomic mass is 19.1. The van der Waals surface area contributed by atoms with Gasteiger partial charge in [-0.3, -0.25) is 9.59 Å². The van der Waals surface area contributed by atoms with Crippen LogP contribution in [0.2, 0.25) is 0 Å². The molecule has 0 radical (unpaired) electrons. The first kappa shape index (κ1) is 23.5. The molecule has 0 aliphatic carbocycles. The Balaban J connectivity index is 1.71. The van der Waals surface area contributed by atoms with Crippen LogP contribution in [-0.4, -0.2) is 79.4 Å². The molecule has 0 unspecified atom stereocenters. The summed E-state index contributed by atoms with van der Waals surface area (Å²) in [5.74, 6) is 0.582. The maximum absolute atomic E-state index is 13.3. The summed E-state index contributed by atoms with van der Waals surface area (Å²) in [4.78, 5) is 32.0. The summed E-state index contributed by atoms with van der Waals surface area (Å²) < 4.78 is 19.3. The molecule has 1 atom stereocenters. The fourth-order valence-electron chi connectivity index (χ4n) is 4.48. The molecular weight excluding hydrogens is 397 g/mol. The minimum absolute atomic E-state index is 0.138. The van der Waals surface area contributed by atoms with E-state index in [0.717, 1.165) is 58.4 Å². The van der Waals surface area contributed by atoms with Gasteiger partial charge in [-0.1, -0.05) is 13.3 Å². The summed E-state index contributed by atoms with van der Waals surface area (Å²) in [6.07, 6.45) is 4.49. The van der Waals surface area contributed by atoms with E-state index in [1.54, 1.807) is 12.1 Å². The summed E-state index contributed by atoms with van der Waals surface area (Å²) in [6, 6.07) is 5.97. The molecule has 172 valence electrons. The van der Waals surface area contributed by atoms with Crippen LogP contribution < -0.4 is 4.74 Å². The predicted molar refractivity (Wildman–Crippen MR) is 118 cm³/mol. The summed E-state index contributed by atoms with van der Waals surface area (Å²) in [5.41, 5.74) is -0.422. The molecule has 1 aromatic carbocycles. The zero-order valence-electron chi connectivity index (χ0n) is 18.9. The Morgan fingerprint density at radius 1 is 1.03 bits per heavy atom. The number of hydrogen-bond acceptors (Lipinski definition) is 4. The lowest BCUT2D eigenvalue weighted by atomic mass is 9.77. The van der Waals surface area contributed by atoms with E-state index in [1.807, 2.05) is 9.80 Å². The van der Waals surface area contributed by atoms with E-state index in [0.29, 0.717) is 31.7 Å². The predicted octanol–water partition coefficient (Wildman–Crippen LogP) is 3.17. The van der Waals surface area contributed by atoms with Crippen molar-refractivity contribution in [1.82, 2.24) is 14.7 Å². The average Bonchev–Trinajstić information content (AvgIpc) is 2.77. The third-order valence-electron chi connectivity index (χ3n) is 6.50. The van der Waals surface area contributed by atoms with Crippen molar-refractivity contribution in [1.29, 1.82) is 0 Å². The van der Waals surface area contributed by atoms with Gasteiger partial charge in [0.05, 0.1) is 6.61 Å². The number of likely N-dealkylation sites (tertiary alicyclic amines) is 1.